The number of anilines is 1. The lowest BCUT2D eigenvalue weighted by atomic mass is 10.1. The predicted molar refractivity (Wildman–Crippen MR) is 67.7 cm³/mol. The van der Waals surface area contributed by atoms with Gasteiger partial charge in [0.25, 0.3) is 0 Å². The normalized spacial score (nSPS) is 17.8. The van der Waals surface area contributed by atoms with Gasteiger partial charge in [0.05, 0.1) is 5.69 Å². The van der Waals surface area contributed by atoms with Crippen LogP contribution >= 0.6 is 0 Å². The first-order valence-corrected chi connectivity index (χ1v) is 6.25. The fourth-order valence-corrected chi connectivity index (χ4v) is 2.69. The molecule has 0 bridgehead atoms. The van der Waals surface area contributed by atoms with Crippen molar-refractivity contribution in [3.05, 3.63) is 5.69 Å². The Kier molecular flexibility index (Phi) is 2.18. The molecular weight excluding hydrogens is 214 g/mol. The van der Waals surface area contributed by atoms with Crippen molar-refractivity contribution in [2.75, 3.05) is 5.73 Å². The number of nitrogen functional groups attached to an aromatic ring is 1. The maximum Gasteiger partial charge on any atom is 0.202 e. The van der Waals surface area contributed by atoms with E-state index in [4.69, 9.17) is 5.73 Å². The number of nitrogens with zero attached hydrogens (tertiary/aromatic N) is 4. The Morgan fingerprint density at radius 1 is 1.47 bits per heavy atom. The molecule has 1 unspecified atom stereocenters. The molecule has 5 heteroatoms. The van der Waals surface area contributed by atoms with Gasteiger partial charge in [-0.25, -0.2) is 4.98 Å². The van der Waals surface area contributed by atoms with Crippen LogP contribution in [0.5, 0.6) is 0 Å². The number of imidazole rings is 1. The summed E-state index contributed by atoms with van der Waals surface area (Å²) in [6.07, 6.45) is 3.93. The van der Waals surface area contributed by atoms with Crippen molar-refractivity contribution in [2.45, 2.75) is 39.2 Å². The minimum atomic E-state index is 0.405. The summed E-state index contributed by atoms with van der Waals surface area (Å²) >= 11 is 0. The molecule has 0 spiro atoms. The van der Waals surface area contributed by atoms with Crippen molar-refractivity contribution in [1.82, 2.24) is 19.3 Å². The van der Waals surface area contributed by atoms with Crippen LogP contribution in [0.15, 0.2) is 0 Å². The SMILES string of the molecule is Cc1nn(C)c2c1nc(N)n2C(C)CC1CC1. The smallest absolute Gasteiger partial charge is 0.202 e. The largest absolute Gasteiger partial charge is 0.369 e. The Morgan fingerprint density at radius 2 is 2.18 bits per heavy atom. The van der Waals surface area contributed by atoms with Gasteiger partial charge in [-0.05, 0) is 26.2 Å². The van der Waals surface area contributed by atoms with Crippen LogP contribution in [-0.4, -0.2) is 19.3 Å². The first kappa shape index (κ1) is 10.6. The molecule has 2 aromatic heterocycles. The van der Waals surface area contributed by atoms with Crippen LogP contribution in [0.2, 0.25) is 0 Å². The third kappa shape index (κ3) is 1.61. The number of aryl methyl sites for hydroxylation is 2. The van der Waals surface area contributed by atoms with Crippen molar-refractivity contribution in [2.24, 2.45) is 13.0 Å². The van der Waals surface area contributed by atoms with Crippen LogP contribution in [-0.2, 0) is 7.05 Å². The van der Waals surface area contributed by atoms with Crippen molar-refractivity contribution < 1.29 is 0 Å². The number of hydrogen-bond acceptors (Lipinski definition) is 3. The minimum absolute atomic E-state index is 0.405. The molecule has 1 fully saturated rings. The topological polar surface area (TPSA) is 61.7 Å². The molecule has 0 radical (unpaired) electrons. The Labute approximate surface area is 101 Å². The summed E-state index contributed by atoms with van der Waals surface area (Å²) < 4.78 is 4.02. The molecule has 17 heavy (non-hydrogen) atoms. The second kappa shape index (κ2) is 3.48. The number of nitrogens with two attached hydrogens (primary N) is 1. The number of hydrogen-bond donors (Lipinski definition) is 1. The van der Waals surface area contributed by atoms with E-state index in [-0.39, 0.29) is 0 Å². The zero-order valence-electron chi connectivity index (χ0n) is 10.6. The molecule has 1 aliphatic rings. The van der Waals surface area contributed by atoms with Crippen molar-refractivity contribution >= 4 is 17.1 Å². The van der Waals surface area contributed by atoms with E-state index in [1.54, 1.807) is 0 Å². The molecule has 1 aliphatic carbocycles. The van der Waals surface area contributed by atoms with E-state index in [1.807, 2.05) is 18.7 Å². The number of fused-ring (bicyclic) bond motifs is 1. The van der Waals surface area contributed by atoms with E-state index < -0.39 is 0 Å². The second-order valence-corrected chi connectivity index (χ2v) is 5.25. The molecular formula is C12H19N5. The molecule has 2 heterocycles. The Morgan fingerprint density at radius 3 is 2.82 bits per heavy atom. The highest BCUT2D eigenvalue weighted by atomic mass is 15.4. The summed E-state index contributed by atoms with van der Waals surface area (Å²) in [7, 11) is 1.96. The van der Waals surface area contributed by atoms with E-state index in [1.165, 1.54) is 19.3 Å². The maximum absolute atomic E-state index is 6.04. The first-order valence-electron chi connectivity index (χ1n) is 6.25. The standard InChI is InChI=1S/C12H19N5/c1-7(6-9-4-5-9)17-11-10(14-12(17)13)8(2)15-16(11)3/h7,9H,4-6H2,1-3H3,(H2,13,14). The van der Waals surface area contributed by atoms with Gasteiger partial charge in [-0.15, -0.1) is 0 Å². The van der Waals surface area contributed by atoms with E-state index >= 15 is 0 Å². The molecule has 0 aliphatic heterocycles. The lowest BCUT2D eigenvalue weighted by Crippen LogP contribution is -2.12. The van der Waals surface area contributed by atoms with Gasteiger partial charge >= 0.3 is 0 Å². The molecule has 1 atom stereocenters. The first-order chi connectivity index (χ1) is 8.08. The third-order valence-electron chi connectivity index (χ3n) is 3.67. The van der Waals surface area contributed by atoms with Gasteiger partial charge in [0.1, 0.15) is 5.52 Å². The van der Waals surface area contributed by atoms with Crippen LogP contribution in [0.3, 0.4) is 0 Å². The molecule has 0 saturated heterocycles. The number of rotatable bonds is 3. The summed E-state index contributed by atoms with van der Waals surface area (Å²) in [6.45, 7) is 4.20. The van der Waals surface area contributed by atoms with Gasteiger partial charge in [-0.3, -0.25) is 9.25 Å². The van der Waals surface area contributed by atoms with Crippen LogP contribution in [0.1, 0.15) is 37.9 Å². The Hall–Kier alpha value is -1.52. The molecule has 2 aromatic rings. The van der Waals surface area contributed by atoms with Crippen molar-refractivity contribution in [3.8, 4) is 0 Å². The quantitative estimate of drug-likeness (QED) is 0.882. The van der Waals surface area contributed by atoms with Gasteiger partial charge in [0, 0.05) is 13.1 Å². The van der Waals surface area contributed by atoms with E-state index in [0.717, 1.165) is 22.8 Å². The van der Waals surface area contributed by atoms with Crippen molar-refractivity contribution in [3.63, 3.8) is 0 Å². The summed E-state index contributed by atoms with van der Waals surface area (Å²) in [5.74, 6) is 1.50. The molecule has 0 amide bonds. The minimum Gasteiger partial charge on any atom is -0.369 e. The average Bonchev–Trinajstić information content (AvgIpc) is 2.92. The highest BCUT2D eigenvalue weighted by Gasteiger charge is 2.27. The maximum atomic E-state index is 6.04. The zero-order valence-corrected chi connectivity index (χ0v) is 10.6. The summed E-state index contributed by atoms with van der Waals surface area (Å²) in [5.41, 5.74) is 8.98. The average molecular weight is 233 g/mol. The highest BCUT2D eigenvalue weighted by molar-refractivity contribution is 5.77. The van der Waals surface area contributed by atoms with E-state index in [0.29, 0.717) is 12.0 Å². The lowest BCUT2D eigenvalue weighted by molar-refractivity contribution is 0.485. The molecule has 5 nitrogen and oxygen atoms in total. The van der Waals surface area contributed by atoms with Crippen LogP contribution < -0.4 is 5.73 Å². The van der Waals surface area contributed by atoms with Gasteiger partial charge in [-0.2, -0.15) is 5.10 Å². The van der Waals surface area contributed by atoms with Crippen molar-refractivity contribution in [1.29, 1.82) is 0 Å². The zero-order chi connectivity index (χ0) is 12.2. The van der Waals surface area contributed by atoms with Crippen LogP contribution in [0.4, 0.5) is 5.95 Å². The number of aromatic nitrogens is 4. The van der Waals surface area contributed by atoms with Gasteiger partial charge in [0.15, 0.2) is 5.65 Å². The molecule has 92 valence electrons. The van der Waals surface area contributed by atoms with Gasteiger partial charge in [-0.1, -0.05) is 12.8 Å². The highest BCUT2D eigenvalue weighted by Crippen LogP contribution is 2.38. The lowest BCUT2D eigenvalue weighted by Gasteiger charge is -2.15. The molecule has 2 N–H and O–H groups in total. The predicted octanol–water partition coefficient (Wildman–Crippen LogP) is 2.02. The van der Waals surface area contributed by atoms with Crippen LogP contribution in [0.25, 0.3) is 11.2 Å². The summed E-state index contributed by atoms with van der Waals surface area (Å²) in [5, 5.41) is 4.41. The van der Waals surface area contributed by atoms with Crippen LogP contribution in [0, 0.1) is 12.8 Å². The fraction of sp³-hybridized carbons (Fsp3) is 0.667. The fourth-order valence-electron chi connectivity index (χ4n) is 2.69. The summed E-state index contributed by atoms with van der Waals surface area (Å²) in [4.78, 5) is 4.44. The molecule has 1 saturated carbocycles. The Balaban J connectivity index is 2.09. The van der Waals surface area contributed by atoms with Gasteiger partial charge in [0.2, 0.25) is 5.95 Å². The summed E-state index contributed by atoms with van der Waals surface area (Å²) in [6, 6.07) is 0.405. The second-order valence-electron chi connectivity index (χ2n) is 5.25. The van der Waals surface area contributed by atoms with Gasteiger partial charge < -0.3 is 5.73 Å². The van der Waals surface area contributed by atoms with E-state index in [2.05, 4.69) is 21.6 Å². The van der Waals surface area contributed by atoms with E-state index in [9.17, 15) is 0 Å². The molecule has 0 aromatic carbocycles. The Bertz CT molecular complexity index is 561. The molecule has 3 rings (SSSR count). The third-order valence-corrected chi connectivity index (χ3v) is 3.67. The monoisotopic (exact) mass is 233 g/mol.